The smallest absolute Gasteiger partial charge is 0.245 e. The Morgan fingerprint density at radius 1 is 1.17 bits per heavy atom. The summed E-state index contributed by atoms with van der Waals surface area (Å²) in [5.74, 6) is 0.803. The summed E-state index contributed by atoms with van der Waals surface area (Å²) in [6.45, 7) is 9.41. The van der Waals surface area contributed by atoms with E-state index in [4.69, 9.17) is 4.98 Å². The lowest BCUT2D eigenvalue weighted by Gasteiger charge is -2.35. The van der Waals surface area contributed by atoms with Gasteiger partial charge in [0.15, 0.2) is 0 Å². The maximum Gasteiger partial charge on any atom is 0.245 e. The molecule has 1 fully saturated rings. The minimum Gasteiger partial charge on any atom is -0.334 e. The van der Waals surface area contributed by atoms with E-state index in [0.29, 0.717) is 6.04 Å². The number of nitrogens with one attached hydrogen (secondary N) is 1. The summed E-state index contributed by atoms with van der Waals surface area (Å²) >= 11 is 0. The van der Waals surface area contributed by atoms with Gasteiger partial charge < -0.3 is 10.2 Å². The average molecular weight is 249 g/mol. The van der Waals surface area contributed by atoms with E-state index in [1.807, 2.05) is 0 Å². The van der Waals surface area contributed by atoms with Crippen molar-refractivity contribution in [3.8, 4) is 0 Å². The number of aryl methyl sites for hydroxylation is 2. The van der Waals surface area contributed by atoms with Gasteiger partial charge in [0.2, 0.25) is 5.95 Å². The molecule has 0 bridgehead atoms. The van der Waals surface area contributed by atoms with Gasteiger partial charge in [0.25, 0.3) is 0 Å². The van der Waals surface area contributed by atoms with Crippen molar-refractivity contribution in [3.05, 3.63) is 11.4 Å². The van der Waals surface area contributed by atoms with E-state index in [1.165, 1.54) is 0 Å². The maximum atomic E-state index is 4.71. The zero-order valence-electron chi connectivity index (χ0n) is 11.6. The van der Waals surface area contributed by atoms with Crippen molar-refractivity contribution in [2.24, 2.45) is 0 Å². The predicted molar refractivity (Wildman–Crippen MR) is 72.9 cm³/mol. The van der Waals surface area contributed by atoms with Crippen LogP contribution in [-0.4, -0.2) is 40.9 Å². The Morgan fingerprint density at radius 2 is 1.94 bits per heavy atom. The van der Waals surface area contributed by atoms with E-state index in [9.17, 15) is 0 Å². The van der Waals surface area contributed by atoms with Crippen LogP contribution in [0.5, 0.6) is 0 Å². The van der Waals surface area contributed by atoms with Crippen LogP contribution in [0.25, 0.3) is 0 Å². The number of nitrogens with zero attached hydrogens (tertiary/aromatic N) is 4. The number of hydrogen-bond acceptors (Lipinski definition) is 5. The second-order valence-electron chi connectivity index (χ2n) is 4.67. The Hall–Kier alpha value is -1.23. The monoisotopic (exact) mass is 249 g/mol. The molecule has 0 saturated carbocycles. The Kier molecular flexibility index (Phi) is 4.47. The summed E-state index contributed by atoms with van der Waals surface area (Å²) in [4.78, 5) is 7.00. The van der Waals surface area contributed by atoms with Crippen molar-refractivity contribution < 1.29 is 0 Å². The summed E-state index contributed by atoms with van der Waals surface area (Å²) in [5.41, 5.74) is 2.13. The van der Waals surface area contributed by atoms with Crippen LogP contribution >= 0.6 is 0 Å². The third kappa shape index (κ3) is 2.61. The zero-order valence-corrected chi connectivity index (χ0v) is 11.6. The first-order valence-corrected chi connectivity index (χ1v) is 6.99. The molecule has 1 aliphatic rings. The van der Waals surface area contributed by atoms with Gasteiger partial charge in [0.1, 0.15) is 0 Å². The quantitative estimate of drug-likeness (QED) is 0.868. The maximum absolute atomic E-state index is 4.71. The van der Waals surface area contributed by atoms with Gasteiger partial charge in [-0.2, -0.15) is 5.10 Å². The molecule has 2 rings (SSSR count). The first kappa shape index (κ1) is 13.2. The molecule has 1 aromatic heterocycles. The molecule has 1 aliphatic heterocycles. The van der Waals surface area contributed by atoms with Crippen molar-refractivity contribution in [2.75, 3.05) is 24.5 Å². The Morgan fingerprint density at radius 3 is 2.61 bits per heavy atom. The highest BCUT2D eigenvalue weighted by atomic mass is 15.4. The number of hydrogen-bond donors (Lipinski definition) is 1. The molecule has 5 nitrogen and oxygen atoms in total. The number of piperazine rings is 1. The highest BCUT2D eigenvalue weighted by molar-refractivity contribution is 5.33. The van der Waals surface area contributed by atoms with Crippen molar-refractivity contribution in [3.63, 3.8) is 0 Å². The van der Waals surface area contributed by atoms with Gasteiger partial charge >= 0.3 is 0 Å². The highest BCUT2D eigenvalue weighted by Gasteiger charge is 2.23. The lowest BCUT2D eigenvalue weighted by molar-refractivity contribution is 0.456. The van der Waals surface area contributed by atoms with Crippen molar-refractivity contribution in [1.29, 1.82) is 0 Å². The zero-order chi connectivity index (χ0) is 13.0. The third-order valence-corrected chi connectivity index (χ3v) is 3.58. The summed E-state index contributed by atoms with van der Waals surface area (Å²) in [5, 5.41) is 12.1. The normalized spacial score (nSPS) is 20.2. The van der Waals surface area contributed by atoms with Gasteiger partial charge in [-0.1, -0.05) is 20.8 Å². The van der Waals surface area contributed by atoms with Gasteiger partial charge in [-0.25, -0.2) is 4.98 Å². The Balaban J connectivity index is 2.26. The van der Waals surface area contributed by atoms with Crippen LogP contribution in [0.15, 0.2) is 0 Å². The topological polar surface area (TPSA) is 53.9 Å². The van der Waals surface area contributed by atoms with Gasteiger partial charge in [0, 0.05) is 25.7 Å². The van der Waals surface area contributed by atoms with Crippen LogP contribution in [0.4, 0.5) is 5.95 Å². The van der Waals surface area contributed by atoms with Crippen LogP contribution in [0.3, 0.4) is 0 Å². The molecule has 1 unspecified atom stereocenters. The molecule has 1 atom stereocenters. The summed E-state index contributed by atoms with van der Waals surface area (Å²) in [6, 6.07) is 0.484. The van der Waals surface area contributed by atoms with Gasteiger partial charge in [-0.05, 0) is 19.3 Å². The molecule has 1 aromatic rings. The van der Waals surface area contributed by atoms with Crippen molar-refractivity contribution in [2.45, 2.75) is 46.1 Å². The minimum absolute atomic E-state index is 0.484. The minimum atomic E-state index is 0.484. The van der Waals surface area contributed by atoms with Crippen molar-refractivity contribution in [1.82, 2.24) is 20.5 Å². The molecule has 0 aliphatic carbocycles. The molecule has 1 saturated heterocycles. The Labute approximate surface area is 109 Å². The predicted octanol–water partition coefficient (Wildman–Crippen LogP) is 1.18. The summed E-state index contributed by atoms with van der Waals surface area (Å²) in [7, 11) is 0. The van der Waals surface area contributed by atoms with E-state index in [2.05, 4.69) is 41.2 Å². The van der Waals surface area contributed by atoms with Gasteiger partial charge in [-0.3, -0.25) is 0 Å². The molecule has 100 valence electrons. The van der Waals surface area contributed by atoms with E-state index < -0.39 is 0 Å². The molecular weight excluding hydrogens is 226 g/mol. The second kappa shape index (κ2) is 6.09. The van der Waals surface area contributed by atoms with Gasteiger partial charge in [0.05, 0.1) is 11.4 Å². The summed E-state index contributed by atoms with van der Waals surface area (Å²) in [6.07, 6.45) is 2.93. The molecule has 18 heavy (non-hydrogen) atoms. The van der Waals surface area contributed by atoms with Crippen LogP contribution in [-0.2, 0) is 12.8 Å². The second-order valence-corrected chi connectivity index (χ2v) is 4.67. The van der Waals surface area contributed by atoms with E-state index in [-0.39, 0.29) is 0 Å². The number of anilines is 1. The fraction of sp³-hybridized carbons (Fsp3) is 0.769. The molecule has 0 radical (unpaired) electrons. The van der Waals surface area contributed by atoms with Crippen LogP contribution in [0.2, 0.25) is 0 Å². The molecule has 0 amide bonds. The first-order chi connectivity index (χ1) is 8.80. The fourth-order valence-electron chi connectivity index (χ4n) is 2.44. The fourth-order valence-corrected chi connectivity index (χ4v) is 2.44. The molecule has 2 heterocycles. The van der Waals surface area contributed by atoms with Crippen molar-refractivity contribution >= 4 is 5.95 Å². The standard InChI is InChI=1S/C13H23N5/c1-4-10-9-14-7-8-18(10)13-15-11(5-2)12(6-3)16-17-13/h10,14H,4-9H2,1-3H3. The van der Waals surface area contributed by atoms with E-state index in [1.54, 1.807) is 0 Å². The molecule has 5 heteroatoms. The number of rotatable bonds is 4. The molecule has 0 aromatic carbocycles. The summed E-state index contributed by atoms with van der Waals surface area (Å²) < 4.78 is 0. The average Bonchev–Trinajstić information content (AvgIpc) is 2.46. The number of aromatic nitrogens is 3. The van der Waals surface area contributed by atoms with Crippen LogP contribution < -0.4 is 10.2 Å². The molecule has 0 spiro atoms. The van der Waals surface area contributed by atoms with Crippen LogP contribution in [0, 0.1) is 0 Å². The lowest BCUT2D eigenvalue weighted by Crippen LogP contribution is -2.51. The van der Waals surface area contributed by atoms with E-state index >= 15 is 0 Å². The van der Waals surface area contributed by atoms with Crippen LogP contribution in [0.1, 0.15) is 38.6 Å². The third-order valence-electron chi connectivity index (χ3n) is 3.58. The molecule has 1 N–H and O–H groups in total. The molecular formula is C13H23N5. The lowest BCUT2D eigenvalue weighted by atomic mass is 10.1. The first-order valence-electron chi connectivity index (χ1n) is 6.99. The van der Waals surface area contributed by atoms with E-state index in [0.717, 1.165) is 56.2 Å². The SMILES string of the molecule is CCc1nnc(N2CCNCC2CC)nc1CC. The Bertz CT molecular complexity index is 393. The van der Waals surface area contributed by atoms with Gasteiger partial charge in [-0.15, -0.1) is 5.10 Å². The highest BCUT2D eigenvalue weighted by Crippen LogP contribution is 2.16. The largest absolute Gasteiger partial charge is 0.334 e.